The molecule has 0 aliphatic carbocycles. The van der Waals surface area contributed by atoms with Gasteiger partial charge in [-0.05, 0) is 29.8 Å². The minimum atomic E-state index is 0.322. The van der Waals surface area contributed by atoms with Gasteiger partial charge in [-0.1, -0.05) is 40.2 Å². The van der Waals surface area contributed by atoms with Gasteiger partial charge >= 0.3 is 0 Å². The molecule has 1 aliphatic heterocycles. The van der Waals surface area contributed by atoms with Crippen molar-refractivity contribution < 1.29 is 0 Å². The summed E-state index contributed by atoms with van der Waals surface area (Å²) in [4.78, 5) is 0. The summed E-state index contributed by atoms with van der Waals surface area (Å²) in [5, 5.41) is 7.01. The number of benzene rings is 2. The Morgan fingerprint density at radius 3 is 2.65 bits per heavy atom. The highest BCUT2D eigenvalue weighted by molar-refractivity contribution is 9.10. The Morgan fingerprint density at radius 1 is 1.00 bits per heavy atom. The van der Waals surface area contributed by atoms with Crippen molar-refractivity contribution in [2.75, 3.05) is 17.2 Å². The van der Waals surface area contributed by atoms with E-state index >= 15 is 0 Å². The van der Waals surface area contributed by atoms with Crippen molar-refractivity contribution in [3.8, 4) is 0 Å². The normalized spacial score (nSPS) is 17.8. The topological polar surface area (TPSA) is 24.1 Å². The predicted molar refractivity (Wildman–Crippen MR) is 75.4 cm³/mol. The van der Waals surface area contributed by atoms with Crippen molar-refractivity contribution in [3.63, 3.8) is 0 Å². The lowest BCUT2D eigenvalue weighted by atomic mass is 10.0. The lowest BCUT2D eigenvalue weighted by Crippen LogP contribution is -2.25. The molecular weight excluding hydrogens is 276 g/mol. The summed E-state index contributed by atoms with van der Waals surface area (Å²) < 4.78 is 1.12. The Morgan fingerprint density at radius 2 is 1.82 bits per heavy atom. The second kappa shape index (κ2) is 4.41. The molecule has 86 valence electrons. The lowest BCUT2D eigenvalue weighted by Gasteiger charge is -2.28. The van der Waals surface area contributed by atoms with Crippen LogP contribution in [0.15, 0.2) is 53.0 Å². The standard InChI is InChI=1S/C14H13BrN2/c15-11-5-3-4-10(8-11)14-9-16-12-6-1-2-7-13(12)17-14/h1-8,14,16-17H,9H2/t14-/m0/s1. The van der Waals surface area contributed by atoms with E-state index in [9.17, 15) is 0 Å². The van der Waals surface area contributed by atoms with Crippen LogP contribution in [0.1, 0.15) is 11.6 Å². The van der Waals surface area contributed by atoms with Gasteiger partial charge in [0, 0.05) is 11.0 Å². The number of halogens is 1. The Kier molecular flexibility index (Phi) is 2.77. The maximum atomic E-state index is 3.56. The second-order valence-corrected chi connectivity index (χ2v) is 5.09. The Hall–Kier alpha value is -1.48. The molecule has 0 aromatic heterocycles. The summed E-state index contributed by atoms with van der Waals surface area (Å²) in [6.07, 6.45) is 0. The fourth-order valence-electron chi connectivity index (χ4n) is 2.14. The van der Waals surface area contributed by atoms with Crippen LogP contribution in [-0.2, 0) is 0 Å². The van der Waals surface area contributed by atoms with E-state index in [0.717, 1.165) is 11.0 Å². The van der Waals surface area contributed by atoms with Gasteiger partial charge in [-0.25, -0.2) is 0 Å². The van der Waals surface area contributed by atoms with Crippen molar-refractivity contribution in [1.82, 2.24) is 0 Å². The van der Waals surface area contributed by atoms with E-state index in [0.29, 0.717) is 6.04 Å². The number of fused-ring (bicyclic) bond motifs is 1. The Bertz CT molecular complexity index is 539. The van der Waals surface area contributed by atoms with Gasteiger partial charge in [0.25, 0.3) is 0 Å². The van der Waals surface area contributed by atoms with Gasteiger partial charge in [-0.3, -0.25) is 0 Å². The van der Waals surface area contributed by atoms with Crippen LogP contribution in [0.5, 0.6) is 0 Å². The first-order valence-corrected chi connectivity index (χ1v) is 6.47. The van der Waals surface area contributed by atoms with Crippen LogP contribution in [-0.4, -0.2) is 6.54 Å². The first kappa shape index (κ1) is 10.7. The number of rotatable bonds is 1. The van der Waals surface area contributed by atoms with Crippen molar-refractivity contribution in [2.24, 2.45) is 0 Å². The summed E-state index contributed by atoms with van der Waals surface area (Å²) in [6, 6.07) is 17.1. The van der Waals surface area contributed by atoms with Crippen LogP contribution in [0.4, 0.5) is 11.4 Å². The third-order valence-corrected chi connectivity index (χ3v) is 3.50. The maximum absolute atomic E-state index is 3.56. The molecule has 2 nitrogen and oxygen atoms in total. The molecule has 3 rings (SSSR count). The van der Waals surface area contributed by atoms with Gasteiger partial charge in [0.15, 0.2) is 0 Å². The van der Waals surface area contributed by atoms with E-state index in [2.05, 4.69) is 63.0 Å². The van der Waals surface area contributed by atoms with Gasteiger partial charge < -0.3 is 10.6 Å². The molecule has 0 bridgehead atoms. The monoisotopic (exact) mass is 288 g/mol. The van der Waals surface area contributed by atoms with Crippen molar-refractivity contribution in [3.05, 3.63) is 58.6 Å². The molecule has 0 unspecified atom stereocenters. The van der Waals surface area contributed by atoms with Crippen LogP contribution in [0.2, 0.25) is 0 Å². The Labute approximate surface area is 109 Å². The number of hydrogen-bond acceptors (Lipinski definition) is 2. The fraction of sp³-hybridized carbons (Fsp3) is 0.143. The second-order valence-electron chi connectivity index (χ2n) is 4.18. The van der Waals surface area contributed by atoms with Gasteiger partial charge in [0.05, 0.1) is 17.4 Å². The summed E-state index contributed by atoms with van der Waals surface area (Å²) >= 11 is 3.51. The van der Waals surface area contributed by atoms with E-state index in [1.165, 1.54) is 16.9 Å². The summed E-state index contributed by atoms with van der Waals surface area (Å²) in [5.41, 5.74) is 3.64. The minimum absolute atomic E-state index is 0.322. The predicted octanol–water partition coefficient (Wildman–Crippen LogP) is 4.03. The SMILES string of the molecule is Brc1cccc([C@@H]2CNc3ccccc3N2)c1. The van der Waals surface area contributed by atoms with Gasteiger partial charge in [-0.2, -0.15) is 0 Å². The molecule has 17 heavy (non-hydrogen) atoms. The molecule has 0 spiro atoms. The highest BCUT2D eigenvalue weighted by Crippen LogP contribution is 2.31. The van der Waals surface area contributed by atoms with E-state index in [4.69, 9.17) is 0 Å². The molecular formula is C14H13BrN2. The molecule has 0 amide bonds. The summed E-state index contributed by atoms with van der Waals surface area (Å²) in [6.45, 7) is 0.910. The number of nitrogens with one attached hydrogen (secondary N) is 2. The van der Waals surface area contributed by atoms with E-state index < -0.39 is 0 Å². The molecule has 1 aliphatic rings. The van der Waals surface area contributed by atoms with Crippen molar-refractivity contribution in [1.29, 1.82) is 0 Å². The van der Waals surface area contributed by atoms with Gasteiger partial charge in [0.1, 0.15) is 0 Å². The lowest BCUT2D eigenvalue weighted by molar-refractivity contribution is 0.803. The zero-order valence-corrected chi connectivity index (χ0v) is 10.9. The Balaban J connectivity index is 1.89. The molecule has 2 aromatic rings. The molecule has 0 radical (unpaired) electrons. The average molecular weight is 289 g/mol. The quantitative estimate of drug-likeness (QED) is 0.828. The van der Waals surface area contributed by atoms with Crippen molar-refractivity contribution >= 4 is 27.3 Å². The summed E-state index contributed by atoms with van der Waals surface area (Å²) in [7, 11) is 0. The number of para-hydroxylation sites is 2. The van der Waals surface area contributed by atoms with Crippen LogP contribution in [0.3, 0.4) is 0 Å². The average Bonchev–Trinajstić information content (AvgIpc) is 2.38. The highest BCUT2D eigenvalue weighted by Gasteiger charge is 2.17. The molecule has 0 saturated carbocycles. The van der Waals surface area contributed by atoms with Crippen LogP contribution < -0.4 is 10.6 Å². The maximum Gasteiger partial charge on any atom is 0.0687 e. The molecule has 3 heteroatoms. The van der Waals surface area contributed by atoms with Gasteiger partial charge in [-0.15, -0.1) is 0 Å². The third kappa shape index (κ3) is 2.15. The minimum Gasteiger partial charge on any atom is -0.381 e. The zero-order chi connectivity index (χ0) is 11.7. The molecule has 2 N–H and O–H groups in total. The molecule has 1 atom stereocenters. The molecule has 0 saturated heterocycles. The molecule has 1 heterocycles. The van der Waals surface area contributed by atoms with Gasteiger partial charge in [0.2, 0.25) is 0 Å². The van der Waals surface area contributed by atoms with E-state index in [-0.39, 0.29) is 0 Å². The first-order chi connectivity index (χ1) is 8.33. The van der Waals surface area contributed by atoms with Crippen LogP contribution in [0.25, 0.3) is 0 Å². The number of anilines is 2. The van der Waals surface area contributed by atoms with Crippen molar-refractivity contribution in [2.45, 2.75) is 6.04 Å². The smallest absolute Gasteiger partial charge is 0.0687 e. The van der Waals surface area contributed by atoms with E-state index in [1.54, 1.807) is 0 Å². The third-order valence-electron chi connectivity index (χ3n) is 3.00. The zero-order valence-electron chi connectivity index (χ0n) is 9.28. The highest BCUT2D eigenvalue weighted by atomic mass is 79.9. The summed E-state index contributed by atoms with van der Waals surface area (Å²) in [5.74, 6) is 0. The van der Waals surface area contributed by atoms with Crippen LogP contribution in [0, 0.1) is 0 Å². The molecule has 0 fully saturated rings. The fourth-order valence-corrected chi connectivity index (χ4v) is 2.56. The first-order valence-electron chi connectivity index (χ1n) is 5.68. The van der Waals surface area contributed by atoms with Crippen LogP contribution >= 0.6 is 15.9 Å². The molecule has 2 aromatic carbocycles. The largest absolute Gasteiger partial charge is 0.381 e. The number of hydrogen-bond donors (Lipinski definition) is 2. The van der Waals surface area contributed by atoms with E-state index in [1.807, 2.05) is 12.1 Å².